The van der Waals surface area contributed by atoms with Crippen molar-refractivity contribution in [2.24, 2.45) is 22.7 Å². The minimum atomic E-state index is -1.34. The highest BCUT2D eigenvalue weighted by atomic mass is 16.5. The number of ketones is 2. The molecule has 5 heteroatoms. The third-order valence-corrected chi connectivity index (χ3v) is 8.79. The van der Waals surface area contributed by atoms with Crippen molar-refractivity contribution in [3.63, 3.8) is 0 Å². The Morgan fingerprint density at radius 3 is 2.00 bits per heavy atom. The highest BCUT2D eigenvalue weighted by molar-refractivity contribution is 6.24. The number of aliphatic hydroxyl groups excluding tert-OH is 2. The average molecular weight is 499 g/mol. The minimum Gasteiger partial charge on any atom is -0.511 e. The van der Waals surface area contributed by atoms with Gasteiger partial charge in [-0.15, -0.1) is 0 Å². The molecule has 3 aliphatic rings. The van der Waals surface area contributed by atoms with E-state index in [2.05, 4.69) is 20.8 Å². The number of allylic oxidation sites excluding steroid dienone is 7. The highest BCUT2D eigenvalue weighted by Gasteiger charge is 2.66. The van der Waals surface area contributed by atoms with E-state index in [9.17, 15) is 19.8 Å². The fraction of sp³-hybridized carbons (Fsp3) is 0.677. The zero-order valence-corrected chi connectivity index (χ0v) is 24.0. The van der Waals surface area contributed by atoms with Gasteiger partial charge in [0.15, 0.2) is 11.6 Å². The lowest BCUT2D eigenvalue weighted by molar-refractivity contribution is -0.129. The Bertz CT molecular complexity index is 1050. The third kappa shape index (κ3) is 4.42. The quantitative estimate of drug-likeness (QED) is 0.281. The molecule has 5 nitrogen and oxygen atoms in total. The van der Waals surface area contributed by atoms with E-state index in [-0.39, 0.29) is 47.0 Å². The molecule has 2 aliphatic heterocycles. The van der Waals surface area contributed by atoms with Crippen LogP contribution in [0.4, 0.5) is 0 Å². The molecule has 2 bridgehead atoms. The molecule has 3 rings (SSSR count). The standard InChI is InChI=1S/C31H46O5/c1-18(2)11-13-30(14-12-19(3)4)26(34)22(25(33)23(27(30)35)24(32)20(5)6)21-17-31(28(7,8)9)16-15-29(21,10)36-31/h11-12,20-21,33-34H,13-17H2,1-10H3/t21-,29-,31+/m1/s1. The molecule has 3 atom stereocenters. The number of aliphatic hydroxyl groups is 2. The Kier molecular flexibility index (Phi) is 7.35. The Hall–Kier alpha value is -2.14. The lowest BCUT2D eigenvalue weighted by atomic mass is 9.60. The van der Waals surface area contributed by atoms with E-state index in [1.807, 2.05) is 46.8 Å². The summed E-state index contributed by atoms with van der Waals surface area (Å²) in [6, 6.07) is 0. The predicted octanol–water partition coefficient (Wildman–Crippen LogP) is 7.49. The van der Waals surface area contributed by atoms with Crippen molar-refractivity contribution >= 4 is 11.6 Å². The molecule has 2 N–H and O–H groups in total. The maximum atomic E-state index is 14.1. The van der Waals surface area contributed by atoms with E-state index in [4.69, 9.17) is 4.74 Å². The summed E-state index contributed by atoms with van der Waals surface area (Å²) in [5.74, 6) is -2.13. The molecule has 0 saturated carbocycles. The molecule has 36 heavy (non-hydrogen) atoms. The molecule has 1 aliphatic carbocycles. The maximum Gasteiger partial charge on any atom is 0.184 e. The van der Waals surface area contributed by atoms with Crippen LogP contribution in [0, 0.1) is 22.7 Å². The summed E-state index contributed by atoms with van der Waals surface area (Å²) in [5.41, 5.74) is -0.283. The molecule has 200 valence electrons. The van der Waals surface area contributed by atoms with Crippen molar-refractivity contribution in [2.45, 2.75) is 113 Å². The number of carbonyl (C=O) groups excluding carboxylic acids is 2. The van der Waals surface area contributed by atoms with Crippen LogP contribution in [0.2, 0.25) is 0 Å². The molecule has 0 amide bonds. The van der Waals surface area contributed by atoms with Gasteiger partial charge in [-0.25, -0.2) is 0 Å². The summed E-state index contributed by atoms with van der Waals surface area (Å²) >= 11 is 0. The van der Waals surface area contributed by atoms with Gasteiger partial charge in [0.2, 0.25) is 0 Å². The Balaban J connectivity index is 2.33. The Morgan fingerprint density at radius 2 is 1.58 bits per heavy atom. The molecule has 0 unspecified atom stereocenters. The van der Waals surface area contributed by atoms with Gasteiger partial charge in [-0.2, -0.15) is 0 Å². The number of fused-ring (bicyclic) bond motifs is 2. The molecule has 0 aromatic carbocycles. The van der Waals surface area contributed by atoms with Crippen LogP contribution in [0.5, 0.6) is 0 Å². The molecule has 2 saturated heterocycles. The first-order valence-electron chi connectivity index (χ1n) is 13.4. The summed E-state index contributed by atoms with van der Waals surface area (Å²) < 4.78 is 6.74. The monoisotopic (exact) mass is 498 g/mol. The van der Waals surface area contributed by atoms with Crippen LogP contribution in [-0.4, -0.2) is 33.0 Å². The van der Waals surface area contributed by atoms with Gasteiger partial charge in [-0.1, -0.05) is 57.9 Å². The van der Waals surface area contributed by atoms with Crippen LogP contribution >= 0.6 is 0 Å². The summed E-state index contributed by atoms with van der Waals surface area (Å²) in [4.78, 5) is 27.5. The fourth-order valence-electron chi connectivity index (χ4n) is 6.20. The number of hydrogen-bond acceptors (Lipinski definition) is 5. The van der Waals surface area contributed by atoms with Gasteiger partial charge in [-0.05, 0) is 72.1 Å². The molecule has 2 heterocycles. The molecular formula is C31H46O5. The highest BCUT2D eigenvalue weighted by Crippen LogP contribution is 2.64. The SMILES string of the molecule is CC(C)=CCC1(CC=C(C)C)C(=O)C(C(=O)C(C)C)=C(O)C([C@H]2C[C@]3(C(C)(C)C)CC[C@@]2(C)O3)=C1O. The van der Waals surface area contributed by atoms with Crippen molar-refractivity contribution in [3.8, 4) is 0 Å². The second-order valence-corrected chi connectivity index (χ2v) is 13.3. The van der Waals surface area contributed by atoms with E-state index >= 15 is 0 Å². The van der Waals surface area contributed by atoms with Crippen molar-refractivity contribution in [2.75, 3.05) is 0 Å². The predicted molar refractivity (Wildman–Crippen MR) is 144 cm³/mol. The molecule has 2 fully saturated rings. The topological polar surface area (TPSA) is 83.8 Å². The number of carbonyl (C=O) groups is 2. The van der Waals surface area contributed by atoms with Crippen molar-refractivity contribution in [1.29, 1.82) is 0 Å². The van der Waals surface area contributed by atoms with Gasteiger partial charge in [0.25, 0.3) is 0 Å². The van der Waals surface area contributed by atoms with Crippen LogP contribution in [0.25, 0.3) is 0 Å². The summed E-state index contributed by atoms with van der Waals surface area (Å²) in [6.07, 6.45) is 6.71. The number of ether oxygens (including phenoxy) is 1. The van der Waals surface area contributed by atoms with Gasteiger partial charge in [0.05, 0.1) is 16.6 Å². The lowest BCUT2D eigenvalue weighted by Crippen LogP contribution is -2.45. The van der Waals surface area contributed by atoms with Gasteiger partial charge in [0.1, 0.15) is 17.1 Å². The minimum absolute atomic E-state index is 0.105. The van der Waals surface area contributed by atoms with Crippen LogP contribution in [0.15, 0.2) is 46.0 Å². The Morgan fingerprint density at radius 1 is 1.06 bits per heavy atom. The second-order valence-electron chi connectivity index (χ2n) is 13.3. The molecule has 0 spiro atoms. The van der Waals surface area contributed by atoms with Crippen molar-refractivity contribution < 1.29 is 24.5 Å². The molecular weight excluding hydrogens is 452 g/mol. The summed E-state index contributed by atoms with van der Waals surface area (Å²) in [6.45, 7) is 19.8. The largest absolute Gasteiger partial charge is 0.511 e. The number of rotatable bonds is 7. The summed E-state index contributed by atoms with van der Waals surface area (Å²) in [5, 5.41) is 23.6. The lowest BCUT2D eigenvalue weighted by Gasteiger charge is -2.42. The van der Waals surface area contributed by atoms with E-state index in [1.165, 1.54) is 0 Å². The zero-order valence-electron chi connectivity index (χ0n) is 24.0. The zero-order chi connectivity index (χ0) is 27.4. The van der Waals surface area contributed by atoms with Crippen LogP contribution in [0.3, 0.4) is 0 Å². The van der Waals surface area contributed by atoms with Crippen molar-refractivity contribution in [3.05, 3.63) is 46.0 Å². The van der Waals surface area contributed by atoms with Gasteiger partial charge < -0.3 is 14.9 Å². The third-order valence-electron chi connectivity index (χ3n) is 8.79. The first-order chi connectivity index (χ1) is 16.4. The van der Waals surface area contributed by atoms with E-state index in [1.54, 1.807) is 13.8 Å². The molecule has 0 aromatic heterocycles. The van der Waals surface area contributed by atoms with E-state index in [0.29, 0.717) is 12.0 Å². The summed E-state index contributed by atoms with van der Waals surface area (Å²) in [7, 11) is 0. The molecule has 0 aromatic rings. The molecule has 0 radical (unpaired) electrons. The smallest absolute Gasteiger partial charge is 0.184 e. The van der Waals surface area contributed by atoms with E-state index < -0.39 is 28.3 Å². The maximum absolute atomic E-state index is 14.1. The van der Waals surface area contributed by atoms with Gasteiger partial charge in [-0.3, -0.25) is 9.59 Å². The van der Waals surface area contributed by atoms with Gasteiger partial charge in [0, 0.05) is 17.4 Å². The van der Waals surface area contributed by atoms with Gasteiger partial charge >= 0.3 is 0 Å². The van der Waals surface area contributed by atoms with E-state index in [0.717, 1.165) is 24.0 Å². The number of hydrogen-bond donors (Lipinski definition) is 2. The first-order valence-corrected chi connectivity index (χ1v) is 13.4. The van der Waals surface area contributed by atoms with Crippen molar-refractivity contribution in [1.82, 2.24) is 0 Å². The van der Waals surface area contributed by atoms with Crippen LogP contribution < -0.4 is 0 Å². The average Bonchev–Trinajstić information content (AvgIpc) is 3.25. The normalized spacial score (nSPS) is 29.8. The van der Waals surface area contributed by atoms with Crippen LogP contribution in [-0.2, 0) is 14.3 Å². The fourth-order valence-corrected chi connectivity index (χ4v) is 6.20. The van der Waals surface area contributed by atoms with Crippen LogP contribution in [0.1, 0.15) is 101 Å². The first kappa shape index (κ1) is 28.4. The Labute approximate surface area is 217 Å². The second kappa shape index (κ2) is 9.31. The number of Topliss-reactive ketones (excluding diaryl/α,β-unsaturated/α-hetero) is 2.